The number of hydrogen-bond donors (Lipinski definition) is 2. The average molecular weight is 360 g/mol. The number of carbonyl (C=O) groups excluding carboxylic acids is 1. The minimum absolute atomic E-state index is 0.0180. The minimum Gasteiger partial charge on any atom is -0.356 e. The molecule has 0 spiro atoms. The zero-order valence-electron chi connectivity index (χ0n) is 14.5. The molecule has 2 N–H and O–H groups in total. The molecule has 0 aromatic heterocycles. The molecule has 0 aliphatic carbocycles. The van der Waals surface area contributed by atoms with Crippen LogP contribution >= 0.6 is 12.2 Å². The second kappa shape index (κ2) is 8.41. The van der Waals surface area contributed by atoms with Gasteiger partial charge in [-0.1, -0.05) is 72.8 Å². The Morgan fingerprint density at radius 1 is 0.808 bits per heavy atom. The Hall–Kier alpha value is -2.98. The van der Waals surface area contributed by atoms with Gasteiger partial charge in [-0.15, -0.1) is 0 Å². The summed E-state index contributed by atoms with van der Waals surface area (Å²) < 4.78 is 0. The molecule has 130 valence electrons. The minimum atomic E-state index is -0.220. The number of rotatable bonds is 4. The molecule has 0 bridgehead atoms. The summed E-state index contributed by atoms with van der Waals surface area (Å²) in [7, 11) is 0. The topological polar surface area (TPSA) is 41.1 Å². The second-order valence-corrected chi connectivity index (χ2v) is 6.41. The van der Waals surface area contributed by atoms with Crippen molar-refractivity contribution in [3.8, 4) is 11.1 Å². The molecule has 3 aromatic carbocycles. The Kier molecular flexibility index (Phi) is 5.77. The van der Waals surface area contributed by atoms with Gasteiger partial charge < -0.3 is 5.32 Å². The fourth-order valence-corrected chi connectivity index (χ4v) is 2.95. The largest absolute Gasteiger partial charge is 0.356 e. The smallest absolute Gasteiger partial charge is 0.257 e. The first-order valence-electron chi connectivity index (χ1n) is 8.46. The molecule has 0 fully saturated rings. The van der Waals surface area contributed by atoms with Gasteiger partial charge in [0.05, 0.1) is 6.04 Å². The van der Waals surface area contributed by atoms with E-state index >= 15 is 0 Å². The number of benzene rings is 3. The zero-order valence-corrected chi connectivity index (χ0v) is 15.3. The van der Waals surface area contributed by atoms with Gasteiger partial charge >= 0.3 is 0 Å². The molecule has 4 heteroatoms. The Morgan fingerprint density at radius 3 is 1.96 bits per heavy atom. The highest BCUT2D eigenvalue weighted by molar-refractivity contribution is 7.80. The van der Waals surface area contributed by atoms with Crippen molar-refractivity contribution in [1.82, 2.24) is 10.6 Å². The lowest BCUT2D eigenvalue weighted by molar-refractivity contribution is 0.0976. The summed E-state index contributed by atoms with van der Waals surface area (Å²) in [5.41, 5.74) is 3.87. The molecule has 0 saturated carbocycles. The highest BCUT2D eigenvalue weighted by Crippen LogP contribution is 2.19. The van der Waals surface area contributed by atoms with Gasteiger partial charge in [0.2, 0.25) is 0 Å². The first kappa shape index (κ1) is 17.8. The van der Waals surface area contributed by atoms with E-state index in [0.29, 0.717) is 10.7 Å². The van der Waals surface area contributed by atoms with Crippen LogP contribution in [0.1, 0.15) is 28.9 Å². The van der Waals surface area contributed by atoms with E-state index in [-0.39, 0.29) is 11.9 Å². The third-order valence-electron chi connectivity index (χ3n) is 4.13. The molecule has 0 aliphatic heterocycles. The van der Waals surface area contributed by atoms with Crippen molar-refractivity contribution < 1.29 is 4.79 Å². The first-order valence-corrected chi connectivity index (χ1v) is 8.86. The summed E-state index contributed by atoms with van der Waals surface area (Å²) in [4.78, 5) is 12.4. The van der Waals surface area contributed by atoms with Gasteiger partial charge in [0.25, 0.3) is 5.91 Å². The Bertz CT molecular complexity index is 877. The van der Waals surface area contributed by atoms with Gasteiger partial charge in [0.15, 0.2) is 5.11 Å². The maximum atomic E-state index is 12.4. The second-order valence-electron chi connectivity index (χ2n) is 6.00. The number of carbonyl (C=O) groups is 1. The van der Waals surface area contributed by atoms with Crippen LogP contribution in [-0.4, -0.2) is 11.0 Å². The summed E-state index contributed by atoms with van der Waals surface area (Å²) in [6.07, 6.45) is 0. The molecule has 3 nitrogen and oxygen atoms in total. The van der Waals surface area contributed by atoms with Crippen LogP contribution in [0.2, 0.25) is 0 Å². The molecule has 0 heterocycles. The van der Waals surface area contributed by atoms with Gasteiger partial charge in [0.1, 0.15) is 0 Å². The van der Waals surface area contributed by atoms with E-state index in [1.165, 1.54) is 0 Å². The van der Waals surface area contributed by atoms with E-state index in [2.05, 4.69) is 10.6 Å². The number of thiocarbonyl (C=S) groups is 1. The standard InChI is InChI=1S/C22H20N2OS/c1-16(17-8-4-2-5-9-17)23-22(26)24-21(25)20-14-12-19(13-15-20)18-10-6-3-7-11-18/h2-16H,1H3,(H2,23,24,25,26)/t16-/m1/s1. The lowest BCUT2D eigenvalue weighted by Gasteiger charge is -2.16. The SMILES string of the molecule is C[C@@H](NC(=S)NC(=O)c1ccc(-c2ccccc2)cc1)c1ccccc1. The van der Waals surface area contributed by atoms with E-state index in [0.717, 1.165) is 16.7 Å². The van der Waals surface area contributed by atoms with Gasteiger partial charge in [-0.3, -0.25) is 10.1 Å². The molecular formula is C22H20N2OS. The van der Waals surface area contributed by atoms with E-state index in [9.17, 15) is 4.79 Å². The zero-order chi connectivity index (χ0) is 18.4. The summed E-state index contributed by atoms with van der Waals surface area (Å²) in [6, 6.07) is 27.5. The van der Waals surface area contributed by atoms with Crippen LogP contribution in [0.15, 0.2) is 84.9 Å². The van der Waals surface area contributed by atoms with E-state index in [1.54, 1.807) is 12.1 Å². The summed E-state index contributed by atoms with van der Waals surface area (Å²) in [5.74, 6) is -0.220. The van der Waals surface area contributed by atoms with E-state index in [4.69, 9.17) is 12.2 Å². The van der Waals surface area contributed by atoms with Gasteiger partial charge in [0, 0.05) is 5.56 Å². The molecule has 1 atom stereocenters. The third kappa shape index (κ3) is 4.55. The Balaban J connectivity index is 1.60. The van der Waals surface area contributed by atoms with Crippen LogP contribution in [-0.2, 0) is 0 Å². The van der Waals surface area contributed by atoms with Crippen molar-refractivity contribution in [3.63, 3.8) is 0 Å². The summed E-state index contributed by atoms with van der Waals surface area (Å²) in [5, 5.41) is 6.19. The van der Waals surface area contributed by atoms with Crippen molar-refractivity contribution in [2.24, 2.45) is 0 Å². The molecule has 3 rings (SSSR count). The van der Waals surface area contributed by atoms with Gasteiger partial charge in [-0.2, -0.15) is 0 Å². The summed E-state index contributed by atoms with van der Waals surface area (Å²) >= 11 is 5.27. The molecule has 0 unspecified atom stereocenters. The van der Waals surface area contributed by atoms with Crippen LogP contribution in [0.5, 0.6) is 0 Å². The molecule has 26 heavy (non-hydrogen) atoms. The molecule has 0 aliphatic rings. The quantitative estimate of drug-likeness (QED) is 0.662. The van der Waals surface area contributed by atoms with Crippen molar-refractivity contribution in [2.75, 3.05) is 0 Å². The van der Waals surface area contributed by atoms with Crippen molar-refractivity contribution in [3.05, 3.63) is 96.1 Å². The van der Waals surface area contributed by atoms with Crippen molar-refractivity contribution in [2.45, 2.75) is 13.0 Å². The lowest BCUT2D eigenvalue weighted by atomic mass is 10.0. The van der Waals surface area contributed by atoms with Crippen LogP contribution < -0.4 is 10.6 Å². The molecule has 1 amide bonds. The average Bonchev–Trinajstić information content (AvgIpc) is 2.69. The fraction of sp³-hybridized carbons (Fsp3) is 0.0909. The number of amides is 1. The number of nitrogens with one attached hydrogen (secondary N) is 2. The number of hydrogen-bond acceptors (Lipinski definition) is 2. The van der Waals surface area contributed by atoms with Crippen molar-refractivity contribution in [1.29, 1.82) is 0 Å². The monoisotopic (exact) mass is 360 g/mol. The molecular weight excluding hydrogens is 340 g/mol. The molecule has 3 aromatic rings. The van der Waals surface area contributed by atoms with E-state index < -0.39 is 0 Å². The molecule has 0 saturated heterocycles. The third-order valence-corrected chi connectivity index (χ3v) is 4.35. The van der Waals surface area contributed by atoms with Crippen molar-refractivity contribution >= 4 is 23.2 Å². The molecule has 0 radical (unpaired) electrons. The Labute approximate surface area is 159 Å². The van der Waals surface area contributed by atoms with Crippen LogP contribution in [0.3, 0.4) is 0 Å². The van der Waals surface area contributed by atoms with Crippen LogP contribution in [0.25, 0.3) is 11.1 Å². The predicted molar refractivity (Wildman–Crippen MR) is 110 cm³/mol. The highest BCUT2D eigenvalue weighted by Gasteiger charge is 2.11. The van der Waals surface area contributed by atoms with E-state index in [1.807, 2.05) is 79.7 Å². The highest BCUT2D eigenvalue weighted by atomic mass is 32.1. The van der Waals surface area contributed by atoms with Crippen LogP contribution in [0, 0.1) is 0 Å². The maximum absolute atomic E-state index is 12.4. The first-order chi connectivity index (χ1) is 12.6. The predicted octanol–water partition coefficient (Wildman–Crippen LogP) is 4.72. The van der Waals surface area contributed by atoms with Gasteiger partial charge in [-0.25, -0.2) is 0 Å². The Morgan fingerprint density at radius 2 is 1.35 bits per heavy atom. The van der Waals surface area contributed by atoms with Crippen LogP contribution in [0.4, 0.5) is 0 Å². The maximum Gasteiger partial charge on any atom is 0.257 e. The lowest BCUT2D eigenvalue weighted by Crippen LogP contribution is -2.40. The van der Waals surface area contributed by atoms with Gasteiger partial charge in [-0.05, 0) is 48.0 Å². The normalized spacial score (nSPS) is 11.4. The fourth-order valence-electron chi connectivity index (χ4n) is 2.68. The summed E-state index contributed by atoms with van der Waals surface area (Å²) in [6.45, 7) is 2.00.